The Bertz CT molecular complexity index is 601. The largest absolute Gasteiger partial charge is 0.450 e. The molecule has 0 aliphatic heterocycles. The van der Waals surface area contributed by atoms with Crippen LogP contribution in [0, 0.1) is 6.07 Å². The molecule has 1 amide bonds. The van der Waals surface area contributed by atoms with Crippen LogP contribution in [0.1, 0.15) is 27.6 Å². The number of ether oxygens (including phenoxy) is 1. The average molecular weight is 786 g/mol. The van der Waals surface area contributed by atoms with Gasteiger partial charge in [-0.1, -0.05) is 23.8 Å². The van der Waals surface area contributed by atoms with E-state index in [0.29, 0.717) is 17.7 Å². The first-order valence-corrected chi connectivity index (χ1v) is 6.28. The van der Waals surface area contributed by atoms with Crippen molar-refractivity contribution >= 4 is 11.9 Å². The third-order valence-electron chi connectivity index (χ3n) is 2.60. The third-order valence-corrected chi connectivity index (χ3v) is 2.60. The number of amides is 1. The Morgan fingerprint density at radius 2 is 1.73 bits per heavy atom. The zero-order valence-corrected chi connectivity index (χ0v) is 16.0. The van der Waals surface area contributed by atoms with E-state index < -0.39 is 5.97 Å². The van der Waals surface area contributed by atoms with Crippen LogP contribution >= 0.6 is 0 Å². The number of carbonyl (C=O) groups is 2. The third kappa shape index (κ3) is 3.95. The molecule has 0 bridgehead atoms. The summed E-state index contributed by atoms with van der Waals surface area (Å²) < 4.78 is 5.17. The van der Waals surface area contributed by atoms with Crippen molar-refractivity contribution in [1.29, 1.82) is 0 Å². The number of rotatable bonds is 4. The summed E-state index contributed by atoms with van der Waals surface area (Å²) in [5.74, 6) is -0.343. The topological polar surface area (TPSA) is 55.4 Å². The van der Waals surface area contributed by atoms with Gasteiger partial charge in [0.05, 0.1) is 5.56 Å². The summed E-state index contributed by atoms with van der Waals surface area (Å²) in [5.41, 5.74) is 0.945. The first-order chi connectivity index (χ1) is 9.70. The molecule has 2 aromatic rings. The average Bonchev–Trinajstić information content (AvgIpc) is 2.49. The van der Waals surface area contributed by atoms with Gasteiger partial charge >= 0.3 is 5.97 Å². The van der Waals surface area contributed by atoms with E-state index in [1.807, 2.05) is 13.0 Å². The fraction of sp³-hybridized carbons (Fsp3) is 0.125. The smallest absolute Gasteiger partial charge is 0.341 e. The maximum absolute atomic E-state index is 11.8. The summed E-state index contributed by atoms with van der Waals surface area (Å²) in [6.45, 7) is 2.40. The quantitative estimate of drug-likeness (QED) is 0.295. The second kappa shape index (κ2) is 7.74. The molecule has 0 atom stereocenters. The summed E-state index contributed by atoms with van der Waals surface area (Å²) in [7, 11) is 0. The molecule has 2 aromatic carbocycles. The molecule has 0 unspecified atom stereocenters. The van der Waals surface area contributed by atoms with Crippen molar-refractivity contribution in [3.8, 4) is 5.75 Å². The molecule has 1 N–H and O–H groups in total. The summed E-state index contributed by atoms with van der Waals surface area (Å²) in [5, 5.41) is 2.68. The van der Waals surface area contributed by atoms with Crippen LogP contribution in [0.15, 0.2) is 48.5 Å². The minimum Gasteiger partial charge on any atom is -0.450 e. The first-order valence-electron chi connectivity index (χ1n) is 6.28. The van der Waals surface area contributed by atoms with Crippen LogP contribution in [0.2, 0.25) is 0 Å². The SMILES string of the molecule is CCNC(=O)c1c[c-]c(OC(=O)c2ccccc2)cc1.[No].[No]. The number of esters is 1. The van der Waals surface area contributed by atoms with Crippen LogP contribution in [-0.4, -0.2) is 18.4 Å². The van der Waals surface area contributed by atoms with Gasteiger partial charge in [0.1, 0.15) is 0 Å². The fourth-order valence-electron chi connectivity index (χ4n) is 1.61. The van der Waals surface area contributed by atoms with E-state index in [0.717, 1.165) is 0 Å². The summed E-state index contributed by atoms with van der Waals surface area (Å²) >= 11 is 0. The molecule has 0 aliphatic carbocycles. The molecule has 0 fully saturated rings. The summed E-state index contributed by atoms with van der Waals surface area (Å²) in [4.78, 5) is 23.4. The maximum Gasteiger partial charge on any atom is 0.341 e. The molecule has 130 valence electrons. The molecule has 22 heavy (non-hydrogen) atoms. The second-order valence-corrected chi connectivity index (χ2v) is 4.06. The van der Waals surface area contributed by atoms with Gasteiger partial charge in [-0.25, -0.2) is 4.79 Å². The molecule has 2 rings (SSSR count). The monoisotopic (exact) mass is 786 g/mol. The summed E-state index contributed by atoms with van der Waals surface area (Å²) in [6, 6.07) is 16.1. The van der Waals surface area contributed by atoms with Crippen molar-refractivity contribution < 1.29 is 14.3 Å². The Kier molecular flexibility index (Phi) is 6.11. The zero-order chi connectivity index (χ0) is 14.4. The Balaban J connectivity index is 0.00000220. The molecule has 0 aliphatic rings. The molecule has 6 heteroatoms. The van der Waals surface area contributed by atoms with E-state index in [1.54, 1.807) is 36.4 Å². The molecular weight excluding hydrogens is 772 g/mol. The fourth-order valence-corrected chi connectivity index (χ4v) is 1.61. The van der Waals surface area contributed by atoms with Crippen LogP contribution in [0.4, 0.5) is 0 Å². The molecule has 4 nitrogen and oxygen atoms in total. The van der Waals surface area contributed by atoms with E-state index in [9.17, 15) is 9.59 Å². The maximum atomic E-state index is 11.8. The van der Waals surface area contributed by atoms with Crippen LogP contribution < -0.4 is 10.1 Å². The van der Waals surface area contributed by atoms with Gasteiger partial charge in [0.15, 0.2) is 5.91 Å². The van der Waals surface area contributed by atoms with E-state index in [-0.39, 0.29) is 11.7 Å². The van der Waals surface area contributed by atoms with Crippen LogP contribution in [-0.2, 0) is 0 Å². The Labute approximate surface area is 117 Å². The van der Waals surface area contributed by atoms with E-state index in [4.69, 9.17) is 4.74 Å². The van der Waals surface area contributed by atoms with Gasteiger partial charge in [0.25, 0.3) is 0 Å². The minimum absolute atomic E-state index is 0. The van der Waals surface area contributed by atoms with Gasteiger partial charge < -0.3 is 10.1 Å². The molecule has 0 aromatic heterocycles. The molecule has 0 radical (unpaired) electrons. The van der Waals surface area contributed by atoms with Crippen LogP contribution in [0.3, 0.4) is 0 Å². The summed E-state index contributed by atoms with van der Waals surface area (Å²) in [6.07, 6.45) is 0. The number of hydrogen-bond donors (Lipinski definition) is 1. The van der Waals surface area contributed by atoms with Gasteiger partial charge in [0, 0.05) is 12.3 Å². The minimum atomic E-state index is -0.451. The predicted molar refractivity (Wildman–Crippen MR) is 74.7 cm³/mol. The number of carbonyl (C=O) groups excluding carboxylic acids is 2. The standard InChI is InChI=1S/C16H14NO3.2No/c1-2-17-15(18)12-8-10-14(11-9-12)20-16(19)13-6-4-3-5-7-13;;/h3-10H,2H2,1H3,(H,17,18);;/q-1;;. The molecule has 0 saturated carbocycles. The predicted octanol–water partition coefficient (Wildman–Crippen LogP) is 2.46. The van der Waals surface area contributed by atoms with Crippen molar-refractivity contribution in [2.45, 2.75) is 6.92 Å². The van der Waals surface area contributed by atoms with E-state index in [1.165, 1.54) is 6.07 Å². The van der Waals surface area contributed by atoms with Gasteiger partial charge in [-0.05, 0) is 19.1 Å². The molecule has 0 heterocycles. The van der Waals surface area contributed by atoms with Gasteiger partial charge in [0.2, 0.25) is 0 Å². The molecular formula is C16H14NNo2O3-. The van der Waals surface area contributed by atoms with Crippen LogP contribution in [0.25, 0.3) is 0 Å². The van der Waals surface area contributed by atoms with Gasteiger partial charge in [-0.2, -0.15) is 12.1 Å². The van der Waals surface area contributed by atoms with Crippen molar-refractivity contribution in [1.82, 2.24) is 5.32 Å². The van der Waals surface area contributed by atoms with E-state index in [2.05, 4.69) is 11.4 Å². The number of nitrogens with one attached hydrogen (secondary N) is 1. The van der Waals surface area contributed by atoms with Crippen molar-refractivity contribution in [2.75, 3.05) is 6.54 Å². The molecule has 0 spiro atoms. The van der Waals surface area contributed by atoms with Crippen molar-refractivity contribution in [3.05, 3.63) is 65.7 Å². The van der Waals surface area contributed by atoms with Crippen molar-refractivity contribution in [3.63, 3.8) is 0 Å². The normalized spacial score (nSPS) is 8.95. The Morgan fingerprint density at radius 3 is 2.27 bits per heavy atom. The van der Waals surface area contributed by atoms with Crippen LogP contribution in [0.5, 0.6) is 5.75 Å². The Hall–Kier alpha value is -4.62. The first kappa shape index (κ1) is 17.4. The zero-order valence-electron chi connectivity index (χ0n) is 11.6. The van der Waals surface area contributed by atoms with Gasteiger partial charge in [-0.15, -0.1) is 12.1 Å². The van der Waals surface area contributed by atoms with E-state index >= 15 is 0 Å². The second-order valence-electron chi connectivity index (χ2n) is 4.06. The van der Waals surface area contributed by atoms with Crippen molar-refractivity contribution in [2.24, 2.45) is 0 Å². The Morgan fingerprint density at radius 1 is 1.05 bits per heavy atom. The number of benzene rings is 2. The van der Waals surface area contributed by atoms with Gasteiger partial charge in [-0.3, -0.25) is 4.79 Å². The molecule has 0 saturated heterocycles. The number of hydrogen-bond acceptors (Lipinski definition) is 3.